The number of nitrogens with one attached hydrogen (secondary N) is 1. The van der Waals surface area contributed by atoms with Crippen LogP contribution in [0.2, 0.25) is 0 Å². The van der Waals surface area contributed by atoms with Gasteiger partial charge in [0, 0.05) is 18.9 Å². The molecule has 7 nitrogen and oxygen atoms in total. The number of hydrogen-bond donors (Lipinski definition) is 2. The van der Waals surface area contributed by atoms with Gasteiger partial charge < -0.3 is 10.2 Å². The van der Waals surface area contributed by atoms with Gasteiger partial charge in [-0.25, -0.2) is 18.4 Å². The summed E-state index contributed by atoms with van der Waals surface area (Å²) in [4.78, 5) is 18.8. The molecule has 0 saturated heterocycles. The second-order valence-electron chi connectivity index (χ2n) is 6.18. The number of anilines is 1. The molecule has 8 heteroatoms. The van der Waals surface area contributed by atoms with E-state index in [0.29, 0.717) is 5.69 Å². The van der Waals surface area contributed by atoms with E-state index in [1.807, 2.05) is 48.5 Å². The first kappa shape index (κ1) is 19.5. The third-order valence-electron chi connectivity index (χ3n) is 4.22. The maximum atomic E-state index is 12.8. The Bertz CT molecular complexity index is 1000. The van der Waals surface area contributed by atoms with Crippen molar-refractivity contribution < 1.29 is 13.2 Å². The number of hydrogen-bond acceptors (Lipinski definition) is 4. The predicted octanol–water partition coefficient (Wildman–Crippen LogP) is 2.98. The molecule has 3 aromatic rings. The highest BCUT2D eigenvalue weighted by Crippen LogP contribution is 2.26. The number of benzene rings is 2. The lowest BCUT2D eigenvalue weighted by atomic mass is 10.0. The van der Waals surface area contributed by atoms with Gasteiger partial charge in [-0.05, 0) is 42.0 Å². The van der Waals surface area contributed by atoms with Crippen LogP contribution in [0.1, 0.15) is 17.3 Å². The van der Waals surface area contributed by atoms with Gasteiger partial charge in [-0.1, -0.05) is 36.4 Å². The lowest BCUT2D eigenvalue weighted by Gasteiger charge is -2.28. The van der Waals surface area contributed by atoms with Crippen molar-refractivity contribution in [3.63, 3.8) is 0 Å². The van der Waals surface area contributed by atoms with E-state index in [1.54, 1.807) is 18.1 Å². The van der Waals surface area contributed by atoms with Gasteiger partial charge in [-0.3, -0.25) is 4.98 Å². The van der Waals surface area contributed by atoms with Crippen molar-refractivity contribution in [1.29, 1.82) is 0 Å². The predicted molar refractivity (Wildman–Crippen MR) is 107 cm³/mol. The molecule has 1 aromatic heterocycles. The molecule has 1 unspecified atom stereocenters. The molecule has 0 spiro atoms. The second kappa shape index (κ2) is 8.20. The Kier molecular flexibility index (Phi) is 5.72. The normalized spacial score (nSPS) is 12.2. The minimum atomic E-state index is -3.78. The number of primary sulfonamides is 1. The molecule has 3 N–H and O–H groups in total. The smallest absolute Gasteiger partial charge is 0.315 e. The lowest BCUT2D eigenvalue weighted by Crippen LogP contribution is -2.35. The maximum absolute atomic E-state index is 12.8. The van der Waals surface area contributed by atoms with E-state index >= 15 is 0 Å². The lowest BCUT2D eigenvalue weighted by molar-refractivity contribution is 0.211. The number of amides is 2. The van der Waals surface area contributed by atoms with E-state index in [0.717, 1.165) is 11.3 Å². The maximum Gasteiger partial charge on any atom is 0.322 e. The summed E-state index contributed by atoms with van der Waals surface area (Å²) >= 11 is 0. The number of rotatable bonds is 5. The van der Waals surface area contributed by atoms with Crippen LogP contribution in [0, 0.1) is 0 Å². The van der Waals surface area contributed by atoms with E-state index in [2.05, 4.69) is 10.3 Å². The molecular weight excluding hydrogens is 376 g/mol. The third kappa shape index (κ3) is 4.54. The molecule has 3 rings (SSSR count). The Morgan fingerprint density at radius 2 is 1.64 bits per heavy atom. The molecule has 0 aliphatic rings. The fraction of sp³-hybridized carbons (Fsp3) is 0.100. The Morgan fingerprint density at radius 1 is 1.00 bits per heavy atom. The van der Waals surface area contributed by atoms with E-state index < -0.39 is 10.0 Å². The fourth-order valence-electron chi connectivity index (χ4n) is 2.82. The SMILES string of the molecule is CN(C(=O)Nc1ccc(S(N)(=O)=O)cc1)C(c1ccccc1)c1ccccn1. The van der Waals surface area contributed by atoms with E-state index in [9.17, 15) is 13.2 Å². The molecule has 0 radical (unpaired) electrons. The molecule has 28 heavy (non-hydrogen) atoms. The zero-order valence-corrected chi connectivity index (χ0v) is 16.0. The van der Waals surface area contributed by atoms with Gasteiger partial charge in [0.1, 0.15) is 6.04 Å². The van der Waals surface area contributed by atoms with Crippen molar-refractivity contribution >= 4 is 21.7 Å². The molecule has 0 aliphatic carbocycles. The Morgan fingerprint density at radius 3 is 2.21 bits per heavy atom. The Labute approximate surface area is 163 Å². The second-order valence-corrected chi connectivity index (χ2v) is 7.74. The highest BCUT2D eigenvalue weighted by Gasteiger charge is 2.24. The van der Waals surface area contributed by atoms with Gasteiger partial charge in [-0.15, -0.1) is 0 Å². The summed E-state index contributed by atoms with van der Waals surface area (Å²) in [6, 6.07) is 20.1. The molecular formula is C20H20N4O3S. The minimum absolute atomic E-state index is 0.0190. The first-order chi connectivity index (χ1) is 13.4. The monoisotopic (exact) mass is 396 g/mol. The van der Waals surface area contributed by atoms with Crippen molar-refractivity contribution in [3.8, 4) is 0 Å². The molecule has 144 valence electrons. The average Bonchev–Trinajstić information content (AvgIpc) is 2.69. The van der Waals surface area contributed by atoms with Crippen LogP contribution in [-0.4, -0.2) is 31.4 Å². The number of sulfonamides is 1. The van der Waals surface area contributed by atoms with Crippen molar-refractivity contribution in [2.45, 2.75) is 10.9 Å². The van der Waals surface area contributed by atoms with Crippen molar-refractivity contribution in [2.75, 3.05) is 12.4 Å². The van der Waals surface area contributed by atoms with Crippen LogP contribution in [0.25, 0.3) is 0 Å². The van der Waals surface area contributed by atoms with Gasteiger partial charge in [0.15, 0.2) is 0 Å². The van der Waals surface area contributed by atoms with Crippen molar-refractivity contribution in [2.24, 2.45) is 5.14 Å². The summed E-state index contributed by atoms with van der Waals surface area (Å²) in [6.45, 7) is 0. The summed E-state index contributed by atoms with van der Waals surface area (Å²) < 4.78 is 22.7. The molecule has 1 heterocycles. The molecule has 0 saturated carbocycles. The van der Waals surface area contributed by atoms with Crippen molar-refractivity contribution in [3.05, 3.63) is 90.3 Å². The van der Waals surface area contributed by atoms with Gasteiger partial charge in [0.05, 0.1) is 10.6 Å². The van der Waals surface area contributed by atoms with Crippen LogP contribution in [0.15, 0.2) is 83.9 Å². The van der Waals surface area contributed by atoms with Gasteiger partial charge in [0.2, 0.25) is 10.0 Å². The van der Waals surface area contributed by atoms with E-state index in [-0.39, 0.29) is 17.0 Å². The summed E-state index contributed by atoms with van der Waals surface area (Å²) in [7, 11) is -2.10. The third-order valence-corrected chi connectivity index (χ3v) is 5.15. The number of pyridine rings is 1. The zero-order valence-electron chi connectivity index (χ0n) is 15.2. The van der Waals surface area contributed by atoms with E-state index in [4.69, 9.17) is 5.14 Å². The van der Waals surface area contributed by atoms with Crippen LogP contribution in [-0.2, 0) is 10.0 Å². The van der Waals surface area contributed by atoms with Gasteiger partial charge in [-0.2, -0.15) is 0 Å². The number of aromatic nitrogens is 1. The summed E-state index contributed by atoms with van der Waals surface area (Å²) in [5, 5.41) is 7.86. The standard InChI is InChI=1S/C20H20N4O3S/c1-24(20(25)23-16-10-12-17(13-11-16)28(21,26)27)19(15-7-3-2-4-8-15)18-9-5-6-14-22-18/h2-14,19H,1H3,(H,23,25)(H2,21,26,27). The quantitative estimate of drug-likeness (QED) is 0.691. The van der Waals surface area contributed by atoms with Crippen LogP contribution in [0.4, 0.5) is 10.5 Å². The van der Waals surface area contributed by atoms with Crippen molar-refractivity contribution in [1.82, 2.24) is 9.88 Å². The number of carbonyl (C=O) groups excluding carboxylic acids is 1. The molecule has 1 atom stereocenters. The van der Waals surface area contributed by atoms with Crippen LogP contribution in [0.5, 0.6) is 0 Å². The van der Waals surface area contributed by atoms with E-state index in [1.165, 1.54) is 24.3 Å². The summed E-state index contributed by atoms with van der Waals surface area (Å²) in [6.07, 6.45) is 1.68. The highest BCUT2D eigenvalue weighted by molar-refractivity contribution is 7.89. The zero-order chi connectivity index (χ0) is 20.1. The highest BCUT2D eigenvalue weighted by atomic mass is 32.2. The number of carbonyl (C=O) groups is 1. The largest absolute Gasteiger partial charge is 0.322 e. The molecule has 2 aromatic carbocycles. The number of urea groups is 1. The summed E-state index contributed by atoms with van der Waals surface area (Å²) in [5.41, 5.74) is 2.11. The first-order valence-electron chi connectivity index (χ1n) is 8.49. The first-order valence-corrected chi connectivity index (χ1v) is 10.0. The molecule has 0 bridgehead atoms. The molecule has 2 amide bonds. The Hall–Kier alpha value is -3.23. The Balaban J connectivity index is 1.84. The molecule has 0 aliphatic heterocycles. The van der Waals surface area contributed by atoms with Crippen LogP contribution < -0.4 is 10.5 Å². The molecule has 0 fully saturated rings. The topological polar surface area (TPSA) is 105 Å². The minimum Gasteiger partial charge on any atom is -0.315 e. The fourth-order valence-corrected chi connectivity index (χ4v) is 3.34. The summed E-state index contributed by atoms with van der Waals surface area (Å²) in [5.74, 6) is 0. The number of nitrogens with two attached hydrogens (primary N) is 1. The van der Waals surface area contributed by atoms with Crippen LogP contribution >= 0.6 is 0 Å². The van der Waals surface area contributed by atoms with Gasteiger partial charge >= 0.3 is 6.03 Å². The average molecular weight is 396 g/mol. The number of nitrogens with zero attached hydrogens (tertiary/aromatic N) is 2. The van der Waals surface area contributed by atoms with Crippen LogP contribution in [0.3, 0.4) is 0 Å². The van der Waals surface area contributed by atoms with Gasteiger partial charge in [0.25, 0.3) is 0 Å².